The zero-order valence-electron chi connectivity index (χ0n) is 5.98. The van der Waals surface area contributed by atoms with Crippen molar-refractivity contribution in [2.24, 2.45) is 0 Å². The molecule has 0 bridgehead atoms. The summed E-state index contributed by atoms with van der Waals surface area (Å²) in [4.78, 5) is 0. The van der Waals surface area contributed by atoms with Gasteiger partial charge >= 0.3 is 0 Å². The van der Waals surface area contributed by atoms with E-state index < -0.39 is 12.8 Å². The van der Waals surface area contributed by atoms with Crippen molar-refractivity contribution in [3.8, 4) is 0 Å². The first-order valence-electron chi connectivity index (χ1n) is 3.38. The number of hydrogen-bond donors (Lipinski definition) is 0. The molecule has 0 aliphatic heterocycles. The van der Waals surface area contributed by atoms with E-state index in [0.717, 1.165) is 12.8 Å². The number of rotatable bonds is 6. The monoisotopic (exact) mass is 151 g/mol. The molecule has 1 radical (unpaired) electrons. The molecule has 0 amide bonds. The van der Waals surface area contributed by atoms with Gasteiger partial charge in [-0.3, -0.25) is 0 Å². The summed E-state index contributed by atoms with van der Waals surface area (Å²) in [6.07, 6.45) is 0.121. The fourth-order valence-electron chi connectivity index (χ4n) is 0.460. The Morgan fingerprint density at radius 2 is 2.20 bits per heavy atom. The van der Waals surface area contributed by atoms with Gasteiger partial charge in [0.2, 0.25) is 0 Å². The topological polar surface area (TPSA) is 9.23 Å². The first-order valence-corrected chi connectivity index (χ1v) is 3.38. The van der Waals surface area contributed by atoms with Crippen LogP contribution in [0.4, 0.5) is 8.78 Å². The van der Waals surface area contributed by atoms with Gasteiger partial charge in [0.05, 0.1) is 6.61 Å². The lowest BCUT2D eigenvalue weighted by molar-refractivity contribution is 0.0686. The SMILES string of the molecule is [CH2]CCCOCC(F)CF. The standard InChI is InChI=1S/C7H13F2O/c1-2-3-4-10-6-7(9)5-8/h7H,1-6H2. The molecule has 0 rings (SSSR count). The van der Waals surface area contributed by atoms with E-state index in [1.54, 1.807) is 0 Å². The van der Waals surface area contributed by atoms with Crippen molar-refractivity contribution in [1.82, 2.24) is 0 Å². The Labute approximate surface area is 60.4 Å². The molecule has 0 N–H and O–H groups in total. The van der Waals surface area contributed by atoms with Crippen molar-refractivity contribution in [2.75, 3.05) is 19.9 Å². The fraction of sp³-hybridized carbons (Fsp3) is 0.857. The van der Waals surface area contributed by atoms with Crippen LogP contribution in [0.15, 0.2) is 0 Å². The predicted octanol–water partition coefficient (Wildman–Crippen LogP) is 1.92. The largest absolute Gasteiger partial charge is 0.378 e. The normalized spacial score (nSPS) is 13.5. The molecule has 0 spiro atoms. The van der Waals surface area contributed by atoms with Crippen molar-refractivity contribution < 1.29 is 13.5 Å². The quantitative estimate of drug-likeness (QED) is 0.527. The van der Waals surface area contributed by atoms with Crippen LogP contribution in [0, 0.1) is 6.92 Å². The third kappa shape index (κ3) is 5.95. The van der Waals surface area contributed by atoms with Crippen LogP contribution in [0.3, 0.4) is 0 Å². The van der Waals surface area contributed by atoms with Gasteiger partial charge in [0.1, 0.15) is 6.67 Å². The zero-order chi connectivity index (χ0) is 7.82. The smallest absolute Gasteiger partial charge is 0.151 e. The number of unbranched alkanes of at least 4 members (excludes halogenated alkanes) is 1. The maximum absolute atomic E-state index is 12.0. The molecule has 0 saturated carbocycles. The van der Waals surface area contributed by atoms with Gasteiger partial charge in [-0.05, 0) is 6.42 Å². The predicted molar refractivity (Wildman–Crippen MR) is 36.3 cm³/mol. The summed E-state index contributed by atoms with van der Waals surface area (Å²) in [5.74, 6) is 0. The van der Waals surface area contributed by atoms with E-state index in [-0.39, 0.29) is 6.61 Å². The number of ether oxygens (including phenoxy) is 1. The molecular formula is C7H13F2O. The summed E-state index contributed by atoms with van der Waals surface area (Å²) >= 11 is 0. The maximum atomic E-state index is 12.0. The van der Waals surface area contributed by atoms with E-state index >= 15 is 0 Å². The second-order valence-corrected chi connectivity index (χ2v) is 2.03. The number of halogens is 2. The van der Waals surface area contributed by atoms with Crippen LogP contribution in [-0.4, -0.2) is 26.1 Å². The van der Waals surface area contributed by atoms with Gasteiger partial charge in [0, 0.05) is 6.61 Å². The van der Waals surface area contributed by atoms with Crippen LogP contribution in [-0.2, 0) is 4.74 Å². The Balaban J connectivity index is 2.89. The molecule has 1 nitrogen and oxygen atoms in total. The maximum Gasteiger partial charge on any atom is 0.151 e. The summed E-state index contributed by atoms with van der Waals surface area (Å²) in [7, 11) is 0. The average molecular weight is 151 g/mol. The summed E-state index contributed by atoms with van der Waals surface area (Å²) in [6.45, 7) is 2.97. The minimum atomic E-state index is -1.45. The van der Waals surface area contributed by atoms with Crippen LogP contribution < -0.4 is 0 Å². The Morgan fingerprint density at radius 3 is 2.70 bits per heavy atom. The molecule has 0 fully saturated rings. The molecular weight excluding hydrogens is 138 g/mol. The molecule has 1 unspecified atom stereocenters. The van der Waals surface area contributed by atoms with Crippen LogP contribution in [0.25, 0.3) is 0 Å². The highest BCUT2D eigenvalue weighted by molar-refractivity contribution is 4.50. The Kier molecular flexibility index (Phi) is 6.81. The van der Waals surface area contributed by atoms with Crippen LogP contribution >= 0.6 is 0 Å². The van der Waals surface area contributed by atoms with Crippen molar-refractivity contribution in [2.45, 2.75) is 19.0 Å². The zero-order valence-corrected chi connectivity index (χ0v) is 5.98. The van der Waals surface area contributed by atoms with Gasteiger partial charge in [-0.25, -0.2) is 8.78 Å². The molecule has 0 aliphatic rings. The van der Waals surface area contributed by atoms with Gasteiger partial charge < -0.3 is 4.74 Å². The van der Waals surface area contributed by atoms with Crippen LogP contribution in [0.1, 0.15) is 12.8 Å². The molecule has 0 aromatic rings. The molecule has 0 aliphatic carbocycles. The first-order chi connectivity index (χ1) is 4.81. The molecule has 3 heteroatoms. The highest BCUT2D eigenvalue weighted by atomic mass is 19.2. The molecule has 61 valence electrons. The fourth-order valence-corrected chi connectivity index (χ4v) is 0.460. The lowest BCUT2D eigenvalue weighted by Crippen LogP contribution is -2.12. The van der Waals surface area contributed by atoms with Crippen molar-refractivity contribution in [3.63, 3.8) is 0 Å². The molecule has 0 aromatic heterocycles. The van der Waals surface area contributed by atoms with Gasteiger partial charge in [-0.15, -0.1) is 0 Å². The third-order valence-electron chi connectivity index (χ3n) is 1.00. The van der Waals surface area contributed by atoms with Crippen LogP contribution in [0.5, 0.6) is 0 Å². The Morgan fingerprint density at radius 1 is 1.50 bits per heavy atom. The van der Waals surface area contributed by atoms with Crippen molar-refractivity contribution >= 4 is 0 Å². The Hall–Kier alpha value is -0.180. The summed E-state index contributed by atoms with van der Waals surface area (Å²) < 4.78 is 28.2. The lowest BCUT2D eigenvalue weighted by Gasteiger charge is -2.03. The second-order valence-electron chi connectivity index (χ2n) is 2.03. The van der Waals surface area contributed by atoms with Gasteiger partial charge in [-0.1, -0.05) is 13.3 Å². The van der Waals surface area contributed by atoms with E-state index in [9.17, 15) is 8.78 Å². The van der Waals surface area contributed by atoms with E-state index in [4.69, 9.17) is 4.74 Å². The summed E-state index contributed by atoms with van der Waals surface area (Å²) in [5, 5.41) is 0. The number of hydrogen-bond acceptors (Lipinski definition) is 1. The second kappa shape index (κ2) is 6.93. The first kappa shape index (κ1) is 9.82. The molecule has 0 aromatic carbocycles. The van der Waals surface area contributed by atoms with Gasteiger partial charge in [0.25, 0.3) is 0 Å². The van der Waals surface area contributed by atoms with E-state index in [2.05, 4.69) is 6.92 Å². The van der Waals surface area contributed by atoms with Gasteiger partial charge in [0.15, 0.2) is 6.17 Å². The average Bonchev–Trinajstić information content (AvgIpc) is 1.98. The van der Waals surface area contributed by atoms with E-state index in [0.29, 0.717) is 6.61 Å². The minimum Gasteiger partial charge on any atom is -0.378 e. The minimum absolute atomic E-state index is 0.128. The summed E-state index contributed by atoms with van der Waals surface area (Å²) in [5.41, 5.74) is 0. The molecule has 0 heterocycles. The lowest BCUT2D eigenvalue weighted by atomic mass is 10.4. The molecule has 10 heavy (non-hydrogen) atoms. The third-order valence-corrected chi connectivity index (χ3v) is 1.00. The highest BCUT2D eigenvalue weighted by Gasteiger charge is 2.03. The van der Waals surface area contributed by atoms with Crippen molar-refractivity contribution in [1.29, 1.82) is 0 Å². The highest BCUT2D eigenvalue weighted by Crippen LogP contribution is 1.94. The van der Waals surface area contributed by atoms with E-state index in [1.807, 2.05) is 0 Å². The Bertz CT molecular complexity index is 68.6. The number of alkyl halides is 2. The van der Waals surface area contributed by atoms with Crippen molar-refractivity contribution in [3.05, 3.63) is 6.92 Å². The molecule has 0 saturated heterocycles. The van der Waals surface area contributed by atoms with Crippen LogP contribution in [0.2, 0.25) is 0 Å². The van der Waals surface area contributed by atoms with E-state index in [1.165, 1.54) is 0 Å². The molecule has 1 atom stereocenters. The summed E-state index contributed by atoms with van der Waals surface area (Å²) in [6, 6.07) is 0. The van der Waals surface area contributed by atoms with Gasteiger partial charge in [-0.2, -0.15) is 0 Å².